The number of rotatable bonds is 6. The predicted octanol–water partition coefficient (Wildman–Crippen LogP) is 19.4. The zero-order chi connectivity index (χ0) is 48.7. The van der Waals surface area contributed by atoms with E-state index in [1.165, 1.54) is 133 Å². The van der Waals surface area contributed by atoms with Crippen LogP contribution in [0.25, 0.3) is 99.4 Å². The van der Waals surface area contributed by atoms with E-state index in [0.29, 0.717) is 0 Å². The van der Waals surface area contributed by atoms with Gasteiger partial charge in [-0.05, 0) is 206 Å². The normalized spacial score (nSPS) is 14.9. The summed E-state index contributed by atoms with van der Waals surface area (Å²) in [6.45, 7) is 14.3. The first-order valence-corrected chi connectivity index (χ1v) is 25.5. The molecule has 72 heavy (non-hydrogen) atoms. The van der Waals surface area contributed by atoms with Crippen molar-refractivity contribution in [3.8, 4) is 89.4 Å². The van der Waals surface area contributed by atoms with Crippen molar-refractivity contribution in [3.63, 3.8) is 0 Å². The zero-order valence-electron chi connectivity index (χ0n) is 41.7. The maximum Gasteiger partial charge on any atom is 0.127 e. The Labute approximate surface area is 423 Å². The number of hydrogen-bond acceptors (Lipinski definition) is 1. The SMILES string of the molecule is CC1(C)c2cc(Oc3ccccc3)ccc2-c2ccc(-c3ccc4c(c3)C(C)(C)c3cc(-c5ccc6c(c5)C(C)(C)c5cc(-c7ccc8cc(-c9ccc%10ccccc%10c9)ccc8c7)ccc5-6)ccc3-4)cc21. The van der Waals surface area contributed by atoms with Crippen LogP contribution in [0.5, 0.6) is 11.5 Å². The van der Waals surface area contributed by atoms with Crippen LogP contribution in [-0.2, 0) is 16.2 Å². The predicted molar refractivity (Wildman–Crippen MR) is 302 cm³/mol. The first-order chi connectivity index (χ1) is 34.9. The molecular formula is C71H54O. The molecule has 0 amide bonds. The van der Waals surface area contributed by atoms with Gasteiger partial charge in [-0.15, -0.1) is 0 Å². The number of ether oxygens (including phenoxy) is 1. The van der Waals surface area contributed by atoms with E-state index in [0.717, 1.165) is 11.5 Å². The molecule has 0 fully saturated rings. The molecule has 0 N–H and O–H groups in total. The van der Waals surface area contributed by atoms with Crippen LogP contribution in [0.4, 0.5) is 0 Å². The van der Waals surface area contributed by atoms with E-state index in [2.05, 4.69) is 230 Å². The second-order valence-electron chi connectivity index (χ2n) is 22.1. The summed E-state index contributed by atoms with van der Waals surface area (Å²) in [4.78, 5) is 0. The third-order valence-corrected chi connectivity index (χ3v) is 16.9. The Morgan fingerprint density at radius 2 is 0.500 bits per heavy atom. The van der Waals surface area contributed by atoms with Gasteiger partial charge in [0.15, 0.2) is 0 Å². The molecule has 0 aromatic heterocycles. The molecule has 0 atom stereocenters. The van der Waals surface area contributed by atoms with Crippen LogP contribution in [0, 0.1) is 0 Å². The summed E-state index contributed by atoms with van der Waals surface area (Å²) in [5.74, 6) is 1.72. The quantitative estimate of drug-likeness (QED) is 0.161. The average molecular weight is 923 g/mol. The van der Waals surface area contributed by atoms with Crippen molar-refractivity contribution < 1.29 is 4.74 Å². The van der Waals surface area contributed by atoms with Gasteiger partial charge in [0, 0.05) is 16.2 Å². The van der Waals surface area contributed by atoms with Gasteiger partial charge in [-0.25, -0.2) is 0 Å². The Morgan fingerprint density at radius 1 is 0.222 bits per heavy atom. The Kier molecular flexibility index (Phi) is 9.09. The van der Waals surface area contributed by atoms with Crippen molar-refractivity contribution in [1.82, 2.24) is 0 Å². The van der Waals surface area contributed by atoms with Crippen LogP contribution in [0.3, 0.4) is 0 Å². The van der Waals surface area contributed by atoms with Gasteiger partial charge >= 0.3 is 0 Å². The van der Waals surface area contributed by atoms with Crippen molar-refractivity contribution in [3.05, 3.63) is 252 Å². The molecule has 0 saturated heterocycles. The Hall–Kier alpha value is -8.26. The van der Waals surface area contributed by atoms with Crippen LogP contribution in [0.2, 0.25) is 0 Å². The molecule has 0 aliphatic heterocycles. The summed E-state index contributed by atoms with van der Waals surface area (Å²) in [7, 11) is 0. The molecule has 14 rings (SSSR count). The molecule has 11 aromatic rings. The van der Waals surface area contributed by atoms with Crippen molar-refractivity contribution >= 4 is 21.5 Å². The van der Waals surface area contributed by atoms with Crippen LogP contribution in [0.1, 0.15) is 74.9 Å². The van der Waals surface area contributed by atoms with Crippen molar-refractivity contribution in [1.29, 1.82) is 0 Å². The van der Waals surface area contributed by atoms with E-state index in [1.807, 2.05) is 30.3 Å². The molecule has 1 nitrogen and oxygen atoms in total. The Morgan fingerprint density at radius 3 is 0.889 bits per heavy atom. The minimum atomic E-state index is -0.165. The van der Waals surface area contributed by atoms with Gasteiger partial charge in [0.2, 0.25) is 0 Å². The standard InChI is InChI=1S/C71H54O/c1-69(2)63-37-50(49-21-20-47-35-46(18-19-48(47)36-49)45-17-16-43-12-10-11-13-44(43)34-45)22-28-57(63)58-29-23-51(38-64(58)69)52-24-30-59-60-31-25-53(40-66(60)70(3,4)65(59)39-52)54-26-32-61-62-33-27-56(72-55-14-8-7-9-15-55)42-68(62)71(5,6)67(61)41-54/h7-42H,1-6H3. The van der Waals surface area contributed by atoms with Gasteiger partial charge in [-0.3, -0.25) is 0 Å². The molecule has 0 unspecified atom stereocenters. The van der Waals surface area contributed by atoms with E-state index in [-0.39, 0.29) is 16.2 Å². The summed E-state index contributed by atoms with van der Waals surface area (Å²) in [5, 5.41) is 5.05. The van der Waals surface area contributed by atoms with Gasteiger partial charge < -0.3 is 4.74 Å². The van der Waals surface area contributed by atoms with Crippen LogP contribution in [-0.4, -0.2) is 0 Å². The van der Waals surface area contributed by atoms with E-state index in [1.54, 1.807) is 0 Å². The molecule has 3 aliphatic carbocycles. The Bertz CT molecular complexity index is 4090. The largest absolute Gasteiger partial charge is 0.457 e. The van der Waals surface area contributed by atoms with Gasteiger partial charge in [-0.2, -0.15) is 0 Å². The lowest BCUT2D eigenvalue weighted by molar-refractivity contribution is 0.480. The highest BCUT2D eigenvalue weighted by molar-refractivity contribution is 5.95. The summed E-state index contributed by atoms with van der Waals surface area (Å²) < 4.78 is 6.29. The summed E-state index contributed by atoms with van der Waals surface area (Å²) in [5.41, 5.74) is 25.7. The number of para-hydroxylation sites is 1. The molecule has 11 aromatic carbocycles. The molecule has 1 heteroatoms. The van der Waals surface area contributed by atoms with Crippen LogP contribution >= 0.6 is 0 Å². The smallest absolute Gasteiger partial charge is 0.127 e. The monoisotopic (exact) mass is 922 g/mol. The highest BCUT2D eigenvalue weighted by Gasteiger charge is 2.39. The molecule has 0 bridgehead atoms. The van der Waals surface area contributed by atoms with E-state index < -0.39 is 0 Å². The minimum Gasteiger partial charge on any atom is -0.457 e. The highest BCUT2D eigenvalue weighted by Crippen LogP contribution is 2.55. The molecule has 0 spiro atoms. The van der Waals surface area contributed by atoms with Gasteiger partial charge in [-0.1, -0.05) is 187 Å². The fourth-order valence-corrected chi connectivity index (χ4v) is 12.8. The third-order valence-electron chi connectivity index (χ3n) is 16.9. The summed E-state index contributed by atoms with van der Waals surface area (Å²) >= 11 is 0. The van der Waals surface area contributed by atoms with Gasteiger partial charge in [0.1, 0.15) is 11.5 Å². The second kappa shape index (κ2) is 15.4. The number of benzene rings is 11. The molecule has 0 heterocycles. The van der Waals surface area contributed by atoms with Crippen molar-refractivity contribution in [2.45, 2.75) is 57.8 Å². The summed E-state index contributed by atoms with van der Waals surface area (Å²) in [6.07, 6.45) is 0. The van der Waals surface area contributed by atoms with Crippen molar-refractivity contribution in [2.24, 2.45) is 0 Å². The fourth-order valence-electron chi connectivity index (χ4n) is 12.8. The average Bonchev–Trinajstić information content (AvgIpc) is 3.88. The minimum absolute atomic E-state index is 0.153. The molecular weight excluding hydrogens is 869 g/mol. The molecule has 0 saturated carbocycles. The van der Waals surface area contributed by atoms with Crippen molar-refractivity contribution in [2.75, 3.05) is 0 Å². The van der Waals surface area contributed by atoms with E-state index >= 15 is 0 Å². The van der Waals surface area contributed by atoms with Gasteiger partial charge in [0.25, 0.3) is 0 Å². The first-order valence-electron chi connectivity index (χ1n) is 25.5. The maximum atomic E-state index is 6.29. The maximum absolute atomic E-state index is 6.29. The lowest BCUT2D eigenvalue weighted by atomic mass is 9.79. The second-order valence-corrected chi connectivity index (χ2v) is 22.1. The molecule has 344 valence electrons. The van der Waals surface area contributed by atoms with E-state index in [4.69, 9.17) is 4.74 Å². The zero-order valence-corrected chi connectivity index (χ0v) is 41.7. The van der Waals surface area contributed by atoms with Crippen LogP contribution in [0.15, 0.2) is 218 Å². The van der Waals surface area contributed by atoms with Crippen LogP contribution < -0.4 is 4.74 Å². The third kappa shape index (κ3) is 6.46. The topological polar surface area (TPSA) is 9.23 Å². The van der Waals surface area contributed by atoms with Gasteiger partial charge in [0.05, 0.1) is 0 Å². The highest BCUT2D eigenvalue weighted by atomic mass is 16.5. The van der Waals surface area contributed by atoms with E-state index in [9.17, 15) is 0 Å². The lowest BCUT2D eigenvalue weighted by Crippen LogP contribution is -2.16. The lowest BCUT2D eigenvalue weighted by Gasteiger charge is -2.24. The molecule has 0 radical (unpaired) electrons. The Balaban J connectivity index is 0.730. The summed E-state index contributed by atoms with van der Waals surface area (Å²) in [6, 6.07) is 81.5. The first kappa shape index (κ1) is 42.6. The number of hydrogen-bond donors (Lipinski definition) is 0. The molecule has 3 aliphatic rings. The fraction of sp³-hybridized carbons (Fsp3) is 0.127. The number of fused-ring (bicyclic) bond motifs is 11.